The summed E-state index contributed by atoms with van der Waals surface area (Å²) < 4.78 is 5.00. The first-order valence-electron chi connectivity index (χ1n) is 5.84. The van der Waals surface area contributed by atoms with Crippen LogP contribution in [0, 0.1) is 0 Å². The van der Waals surface area contributed by atoms with Crippen LogP contribution in [0.3, 0.4) is 0 Å². The van der Waals surface area contributed by atoms with Crippen LogP contribution in [-0.2, 0) is 9.53 Å². The largest absolute Gasteiger partial charge is 0.451 e. The molecule has 1 rings (SSSR count). The van der Waals surface area contributed by atoms with E-state index in [9.17, 15) is 9.59 Å². The highest BCUT2D eigenvalue weighted by molar-refractivity contribution is 6.30. The Balaban J connectivity index is 2.62. The minimum absolute atomic E-state index is 0.260. The molecule has 0 N–H and O–H groups in total. The first kappa shape index (κ1) is 15.2. The third-order valence-corrected chi connectivity index (χ3v) is 2.58. The summed E-state index contributed by atoms with van der Waals surface area (Å²) in [5.41, 5.74) is 0.460. The fourth-order valence-electron chi connectivity index (χ4n) is 1.36. The molecule has 1 atom stereocenters. The van der Waals surface area contributed by atoms with E-state index in [0.29, 0.717) is 10.6 Å². The predicted octanol–water partition coefficient (Wildman–Crippen LogP) is 3.59. The monoisotopic (exact) mass is 278 g/mol. The maximum atomic E-state index is 12.0. The third-order valence-electron chi connectivity index (χ3n) is 2.33. The first-order chi connectivity index (χ1) is 9.04. The molecule has 1 unspecified atom stereocenters. The van der Waals surface area contributed by atoms with E-state index in [2.05, 4.69) is 0 Å². The van der Waals surface area contributed by atoms with Crippen LogP contribution in [0.4, 0.5) is 0 Å². The molecule has 0 bridgehead atoms. The van der Waals surface area contributed by atoms with Gasteiger partial charge in [-0.3, -0.25) is 4.79 Å². The maximum Gasteiger partial charge on any atom is 0.331 e. The van der Waals surface area contributed by atoms with Gasteiger partial charge in [-0.25, -0.2) is 4.79 Å². The van der Waals surface area contributed by atoms with Crippen molar-refractivity contribution in [2.45, 2.75) is 20.0 Å². The highest BCUT2D eigenvalue weighted by Crippen LogP contribution is 2.12. The SMILES string of the molecule is C/C=C/C=C/C(=O)OC(C)C(=O)c1ccc(Cl)cc1. The lowest BCUT2D eigenvalue weighted by atomic mass is 10.1. The Morgan fingerprint density at radius 2 is 1.84 bits per heavy atom. The Morgan fingerprint density at radius 1 is 1.21 bits per heavy atom. The zero-order valence-corrected chi connectivity index (χ0v) is 11.6. The molecule has 4 heteroatoms. The molecule has 19 heavy (non-hydrogen) atoms. The number of benzene rings is 1. The second-order valence-electron chi connectivity index (χ2n) is 3.84. The van der Waals surface area contributed by atoms with Crippen LogP contribution in [0.2, 0.25) is 5.02 Å². The standard InChI is InChI=1S/C15H15ClO3/c1-3-4-5-6-14(17)19-11(2)15(18)12-7-9-13(16)10-8-12/h3-11H,1-2H3/b4-3+,6-5+. The molecule has 0 aromatic heterocycles. The summed E-state index contributed by atoms with van der Waals surface area (Å²) in [5, 5.41) is 0.551. The van der Waals surface area contributed by atoms with E-state index < -0.39 is 12.1 Å². The zero-order valence-electron chi connectivity index (χ0n) is 10.8. The molecule has 3 nitrogen and oxygen atoms in total. The summed E-state index contributed by atoms with van der Waals surface area (Å²) in [5.74, 6) is -0.808. The van der Waals surface area contributed by atoms with Crippen LogP contribution in [0.15, 0.2) is 48.6 Å². The second-order valence-corrected chi connectivity index (χ2v) is 4.27. The number of carbonyl (C=O) groups excluding carboxylic acids is 2. The van der Waals surface area contributed by atoms with Gasteiger partial charge in [0.25, 0.3) is 0 Å². The number of carbonyl (C=O) groups is 2. The molecule has 0 aliphatic heterocycles. The summed E-state index contributed by atoms with van der Waals surface area (Å²) in [6.07, 6.45) is 5.48. The van der Waals surface area contributed by atoms with Gasteiger partial charge in [-0.15, -0.1) is 0 Å². The minimum Gasteiger partial charge on any atom is -0.451 e. The van der Waals surface area contributed by atoms with Crippen molar-refractivity contribution in [1.82, 2.24) is 0 Å². The fourth-order valence-corrected chi connectivity index (χ4v) is 1.49. The van der Waals surface area contributed by atoms with E-state index in [0.717, 1.165) is 0 Å². The van der Waals surface area contributed by atoms with Gasteiger partial charge in [0, 0.05) is 16.7 Å². The van der Waals surface area contributed by atoms with Crippen molar-refractivity contribution in [3.05, 3.63) is 59.2 Å². The normalized spacial score (nSPS) is 12.8. The number of halogens is 1. The van der Waals surface area contributed by atoms with Crippen molar-refractivity contribution < 1.29 is 14.3 Å². The van der Waals surface area contributed by atoms with Gasteiger partial charge in [-0.2, -0.15) is 0 Å². The van der Waals surface area contributed by atoms with Crippen LogP contribution in [0.5, 0.6) is 0 Å². The van der Waals surface area contributed by atoms with Crippen molar-refractivity contribution in [1.29, 1.82) is 0 Å². The fraction of sp³-hybridized carbons (Fsp3) is 0.200. The van der Waals surface area contributed by atoms with Crippen molar-refractivity contribution in [3.8, 4) is 0 Å². The molecule has 0 aliphatic rings. The van der Waals surface area contributed by atoms with E-state index in [1.165, 1.54) is 6.08 Å². The van der Waals surface area contributed by atoms with E-state index in [1.807, 2.05) is 6.92 Å². The van der Waals surface area contributed by atoms with Crippen LogP contribution in [-0.4, -0.2) is 17.9 Å². The minimum atomic E-state index is -0.830. The van der Waals surface area contributed by atoms with Gasteiger partial charge in [0.05, 0.1) is 0 Å². The van der Waals surface area contributed by atoms with Gasteiger partial charge in [-0.1, -0.05) is 29.8 Å². The van der Waals surface area contributed by atoms with Crippen LogP contribution < -0.4 is 0 Å². The Labute approximate surface area is 117 Å². The van der Waals surface area contributed by atoms with Gasteiger partial charge in [0.1, 0.15) is 0 Å². The zero-order chi connectivity index (χ0) is 14.3. The Bertz CT molecular complexity index is 501. The summed E-state index contributed by atoms with van der Waals surface area (Å²) in [4.78, 5) is 23.4. The van der Waals surface area contributed by atoms with Crippen LogP contribution >= 0.6 is 11.6 Å². The summed E-state index contributed by atoms with van der Waals surface area (Å²) in [6, 6.07) is 6.44. The average molecular weight is 279 g/mol. The third kappa shape index (κ3) is 5.10. The van der Waals surface area contributed by atoms with Gasteiger partial charge in [-0.05, 0) is 38.1 Å². The number of allylic oxidation sites excluding steroid dienone is 3. The Kier molecular flexibility index (Phi) is 6.03. The molecule has 0 amide bonds. The lowest BCUT2D eigenvalue weighted by Gasteiger charge is -2.10. The molecule has 0 aliphatic carbocycles. The van der Waals surface area contributed by atoms with Gasteiger partial charge in [0.2, 0.25) is 5.78 Å². The average Bonchev–Trinajstić information content (AvgIpc) is 2.39. The number of esters is 1. The predicted molar refractivity (Wildman–Crippen MR) is 75.3 cm³/mol. The highest BCUT2D eigenvalue weighted by Gasteiger charge is 2.18. The number of Topliss-reactive ketones (excluding diaryl/α,β-unsaturated/α-hetero) is 1. The smallest absolute Gasteiger partial charge is 0.331 e. The van der Waals surface area contributed by atoms with E-state index >= 15 is 0 Å². The highest BCUT2D eigenvalue weighted by atomic mass is 35.5. The van der Waals surface area contributed by atoms with E-state index in [4.69, 9.17) is 16.3 Å². The summed E-state index contributed by atoms with van der Waals surface area (Å²) >= 11 is 5.74. The first-order valence-corrected chi connectivity index (χ1v) is 6.22. The molecular formula is C15H15ClO3. The lowest BCUT2D eigenvalue weighted by molar-refractivity contribution is -0.140. The Hall–Kier alpha value is -1.87. The molecular weight excluding hydrogens is 264 g/mol. The molecule has 1 aromatic rings. The van der Waals surface area contributed by atoms with Crippen molar-refractivity contribution in [3.63, 3.8) is 0 Å². The van der Waals surface area contributed by atoms with Crippen molar-refractivity contribution in [2.24, 2.45) is 0 Å². The second kappa shape index (κ2) is 7.54. The number of hydrogen-bond donors (Lipinski definition) is 0. The molecule has 1 aromatic carbocycles. The molecule has 0 spiro atoms. The van der Waals surface area contributed by atoms with Gasteiger partial charge < -0.3 is 4.74 Å². The molecule has 0 fully saturated rings. The number of hydrogen-bond acceptors (Lipinski definition) is 3. The van der Waals surface area contributed by atoms with Gasteiger partial charge >= 0.3 is 5.97 Å². The van der Waals surface area contributed by atoms with Crippen molar-refractivity contribution in [2.75, 3.05) is 0 Å². The quantitative estimate of drug-likeness (QED) is 0.358. The lowest BCUT2D eigenvalue weighted by Crippen LogP contribution is -2.23. The summed E-state index contributed by atoms with van der Waals surface area (Å²) in [7, 11) is 0. The van der Waals surface area contributed by atoms with Crippen LogP contribution in [0.25, 0.3) is 0 Å². The van der Waals surface area contributed by atoms with Crippen molar-refractivity contribution >= 4 is 23.4 Å². The Morgan fingerprint density at radius 3 is 2.42 bits per heavy atom. The molecule has 0 radical (unpaired) electrons. The molecule has 0 saturated carbocycles. The van der Waals surface area contributed by atoms with E-state index in [1.54, 1.807) is 49.4 Å². The topological polar surface area (TPSA) is 43.4 Å². The summed E-state index contributed by atoms with van der Waals surface area (Å²) in [6.45, 7) is 3.38. The van der Waals surface area contributed by atoms with E-state index in [-0.39, 0.29) is 5.78 Å². The molecule has 100 valence electrons. The number of ether oxygens (including phenoxy) is 1. The molecule has 0 heterocycles. The van der Waals surface area contributed by atoms with Crippen LogP contribution in [0.1, 0.15) is 24.2 Å². The number of ketones is 1. The number of rotatable bonds is 5. The maximum absolute atomic E-state index is 12.0. The van der Waals surface area contributed by atoms with Gasteiger partial charge in [0.15, 0.2) is 6.10 Å². The molecule has 0 saturated heterocycles.